The molecular weight excluding hydrogens is 174 g/mol. The summed E-state index contributed by atoms with van der Waals surface area (Å²) < 4.78 is 5.90. The van der Waals surface area contributed by atoms with Crippen LogP contribution in [0.4, 0.5) is 0 Å². The Morgan fingerprint density at radius 2 is 1.64 bits per heavy atom. The molecule has 0 saturated heterocycles. The molecule has 0 radical (unpaired) electrons. The van der Waals surface area contributed by atoms with Gasteiger partial charge in [-0.1, -0.05) is 27.7 Å². The van der Waals surface area contributed by atoms with Gasteiger partial charge >= 0.3 is 0 Å². The maximum atomic E-state index is 5.90. The number of rotatable bonds is 5. The minimum absolute atomic E-state index is 0.000347. The van der Waals surface area contributed by atoms with Crippen LogP contribution in [0, 0.1) is 5.41 Å². The maximum absolute atomic E-state index is 5.90. The van der Waals surface area contributed by atoms with Gasteiger partial charge in [0.05, 0.1) is 12.2 Å². The van der Waals surface area contributed by atoms with E-state index in [4.69, 9.17) is 4.74 Å². The molecule has 0 aromatic carbocycles. The highest BCUT2D eigenvalue weighted by atomic mass is 16.5. The van der Waals surface area contributed by atoms with Crippen LogP contribution in [-0.4, -0.2) is 25.3 Å². The van der Waals surface area contributed by atoms with E-state index in [0.717, 1.165) is 13.0 Å². The fourth-order valence-corrected chi connectivity index (χ4v) is 1.18. The van der Waals surface area contributed by atoms with Crippen molar-refractivity contribution in [1.82, 2.24) is 5.32 Å². The molecule has 0 amide bonds. The summed E-state index contributed by atoms with van der Waals surface area (Å²) in [5.74, 6) is 0. The van der Waals surface area contributed by atoms with Gasteiger partial charge in [-0.15, -0.1) is 0 Å². The smallest absolute Gasteiger partial charge is 0.0631 e. The summed E-state index contributed by atoms with van der Waals surface area (Å²) >= 11 is 0. The third-order valence-electron chi connectivity index (χ3n) is 2.89. The number of hydrogen-bond acceptors (Lipinski definition) is 2. The van der Waals surface area contributed by atoms with Gasteiger partial charge in [0.15, 0.2) is 0 Å². The zero-order valence-electron chi connectivity index (χ0n) is 10.9. The molecule has 2 nitrogen and oxygen atoms in total. The Morgan fingerprint density at radius 3 is 1.93 bits per heavy atom. The van der Waals surface area contributed by atoms with E-state index in [1.165, 1.54) is 0 Å². The van der Waals surface area contributed by atoms with Gasteiger partial charge in [-0.05, 0) is 32.7 Å². The number of likely N-dealkylation sites (N-methyl/N-ethyl adjacent to an activating group) is 1. The molecule has 0 aromatic heterocycles. The van der Waals surface area contributed by atoms with Gasteiger partial charge in [0.1, 0.15) is 0 Å². The predicted molar refractivity (Wildman–Crippen MR) is 62.6 cm³/mol. The van der Waals surface area contributed by atoms with Gasteiger partial charge in [-0.3, -0.25) is 0 Å². The third kappa shape index (κ3) is 4.97. The van der Waals surface area contributed by atoms with Crippen LogP contribution in [0.3, 0.4) is 0 Å². The molecule has 0 spiro atoms. The average molecular weight is 201 g/mol. The summed E-state index contributed by atoms with van der Waals surface area (Å²) in [5, 5.41) is 3.31. The number of ether oxygens (including phenoxy) is 1. The van der Waals surface area contributed by atoms with Crippen molar-refractivity contribution in [2.45, 2.75) is 59.6 Å². The van der Waals surface area contributed by atoms with Crippen molar-refractivity contribution in [3.63, 3.8) is 0 Å². The van der Waals surface area contributed by atoms with E-state index in [-0.39, 0.29) is 11.0 Å². The monoisotopic (exact) mass is 201 g/mol. The maximum Gasteiger partial charge on any atom is 0.0631 e. The van der Waals surface area contributed by atoms with Crippen LogP contribution >= 0.6 is 0 Å². The second-order valence-electron chi connectivity index (χ2n) is 5.63. The van der Waals surface area contributed by atoms with Crippen LogP contribution in [0.25, 0.3) is 0 Å². The first-order valence-electron chi connectivity index (χ1n) is 5.54. The molecule has 1 atom stereocenters. The van der Waals surface area contributed by atoms with Gasteiger partial charge in [-0.2, -0.15) is 0 Å². The van der Waals surface area contributed by atoms with E-state index >= 15 is 0 Å². The predicted octanol–water partition coefficient (Wildman–Crippen LogP) is 2.83. The van der Waals surface area contributed by atoms with Crippen LogP contribution in [0.5, 0.6) is 0 Å². The van der Waals surface area contributed by atoms with Gasteiger partial charge in [0.25, 0.3) is 0 Å². The van der Waals surface area contributed by atoms with Crippen molar-refractivity contribution in [2.75, 3.05) is 13.7 Å². The van der Waals surface area contributed by atoms with Crippen molar-refractivity contribution in [3.05, 3.63) is 0 Å². The minimum atomic E-state index is 0.000347. The molecule has 0 aliphatic carbocycles. The first kappa shape index (κ1) is 13.9. The second-order valence-corrected chi connectivity index (χ2v) is 5.63. The van der Waals surface area contributed by atoms with Crippen molar-refractivity contribution in [1.29, 1.82) is 0 Å². The largest absolute Gasteiger partial charge is 0.374 e. The van der Waals surface area contributed by atoms with E-state index in [2.05, 4.69) is 46.9 Å². The Bertz CT molecular complexity index is 158. The first-order valence-corrected chi connectivity index (χ1v) is 5.54. The molecule has 0 heterocycles. The lowest BCUT2D eigenvalue weighted by Crippen LogP contribution is -2.44. The van der Waals surface area contributed by atoms with Crippen LogP contribution in [0.15, 0.2) is 0 Å². The lowest BCUT2D eigenvalue weighted by molar-refractivity contribution is -0.0423. The highest BCUT2D eigenvalue weighted by Crippen LogP contribution is 2.22. The van der Waals surface area contributed by atoms with Gasteiger partial charge in [0, 0.05) is 6.04 Å². The van der Waals surface area contributed by atoms with Crippen molar-refractivity contribution in [2.24, 2.45) is 5.41 Å². The standard InChI is InChI=1S/C12H27NO/c1-8-12(5,6)14-9-10(13-7)11(2,3)4/h10,13H,8-9H2,1-7H3. The zero-order chi connectivity index (χ0) is 11.4. The topological polar surface area (TPSA) is 21.3 Å². The van der Waals surface area contributed by atoms with Crippen LogP contribution in [0.2, 0.25) is 0 Å². The van der Waals surface area contributed by atoms with Gasteiger partial charge < -0.3 is 10.1 Å². The fourth-order valence-electron chi connectivity index (χ4n) is 1.18. The summed E-state index contributed by atoms with van der Waals surface area (Å²) in [5.41, 5.74) is 0.249. The summed E-state index contributed by atoms with van der Waals surface area (Å²) in [7, 11) is 2.00. The molecule has 0 bridgehead atoms. The molecule has 0 saturated carbocycles. The normalized spacial score (nSPS) is 15.6. The average Bonchev–Trinajstić information content (AvgIpc) is 2.03. The number of hydrogen-bond donors (Lipinski definition) is 1. The Kier molecular flexibility index (Phi) is 5.10. The Labute approximate surface area is 89.4 Å². The lowest BCUT2D eigenvalue weighted by Gasteiger charge is -2.33. The SMILES string of the molecule is CCC(C)(C)OCC(NC)C(C)(C)C. The van der Waals surface area contributed by atoms with Crippen molar-refractivity contribution < 1.29 is 4.74 Å². The molecule has 0 fully saturated rings. The minimum Gasteiger partial charge on any atom is -0.374 e. The van der Waals surface area contributed by atoms with E-state index < -0.39 is 0 Å². The van der Waals surface area contributed by atoms with Crippen molar-refractivity contribution in [3.8, 4) is 0 Å². The highest BCUT2D eigenvalue weighted by Gasteiger charge is 2.25. The molecule has 0 aromatic rings. The highest BCUT2D eigenvalue weighted by molar-refractivity contribution is 4.80. The quantitative estimate of drug-likeness (QED) is 0.738. The first-order chi connectivity index (χ1) is 6.23. The Morgan fingerprint density at radius 1 is 1.14 bits per heavy atom. The Hall–Kier alpha value is -0.0800. The van der Waals surface area contributed by atoms with E-state index in [1.807, 2.05) is 7.05 Å². The molecule has 0 rings (SSSR count). The molecule has 0 aliphatic rings. The van der Waals surface area contributed by atoms with E-state index in [1.54, 1.807) is 0 Å². The van der Waals surface area contributed by atoms with Crippen LogP contribution in [0.1, 0.15) is 48.0 Å². The van der Waals surface area contributed by atoms with Crippen LogP contribution in [-0.2, 0) is 4.74 Å². The lowest BCUT2D eigenvalue weighted by atomic mass is 9.87. The Balaban J connectivity index is 4.10. The zero-order valence-corrected chi connectivity index (χ0v) is 10.9. The summed E-state index contributed by atoms with van der Waals surface area (Å²) in [6.45, 7) is 13.9. The molecule has 86 valence electrons. The van der Waals surface area contributed by atoms with E-state index in [0.29, 0.717) is 6.04 Å². The van der Waals surface area contributed by atoms with Gasteiger partial charge in [-0.25, -0.2) is 0 Å². The van der Waals surface area contributed by atoms with Crippen molar-refractivity contribution >= 4 is 0 Å². The van der Waals surface area contributed by atoms with Gasteiger partial charge in [0.2, 0.25) is 0 Å². The molecule has 14 heavy (non-hydrogen) atoms. The summed E-state index contributed by atoms with van der Waals surface area (Å²) in [6, 6.07) is 0.410. The summed E-state index contributed by atoms with van der Waals surface area (Å²) in [4.78, 5) is 0. The molecule has 1 unspecified atom stereocenters. The second kappa shape index (κ2) is 5.13. The molecule has 1 N–H and O–H groups in total. The fraction of sp³-hybridized carbons (Fsp3) is 1.00. The summed E-state index contributed by atoms with van der Waals surface area (Å²) in [6.07, 6.45) is 1.05. The molecule has 0 aliphatic heterocycles. The van der Waals surface area contributed by atoms with E-state index in [9.17, 15) is 0 Å². The third-order valence-corrected chi connectivity index (χ3v) is 2.89. The number of nitrogens with one attached hydrogen (secondary N) is 1. The molecule has 2 heteroatoms. The van der Waals surface area contributed by atoms with Crippen LogP contribution < -0.4 is 5.32 Å². The molecular formula is C12H27NO.